The van der Waals surface area contributed by atoms with Gasteiger partial charge >= 0.3 is 6.09 Å². The van der Waals surface area contributed by atoms with Crippen LogP contribution in [0.1, 0.15) is 75.1 Å². The third kappa shape index (κ3) is 3.83. The fraction of sp³-hybridized carbons (Fsp3) is 0.467. The zero-order chi connectivity index (χ0) is 25.5. The highest BCUT2D eigenvalue weighted by molar-refractivity contribution is 6.30. The van der Waals surface area contributed by atoms with Gasteiger partial charge in [-0.3, -0.25) is 4.90 Å². The second-order valence-electron chi connectivity index (χ2n) is 11.9. The van der Waals surface area contributed by atoms with Crippen LogP contribution in [-0.2, 0) is 24.2 Å². The van der Waals surface area contributed by atoms with Gasteiger partial charge in [0.15, 0.2) is 0 Å². The zero-order valence-electron chi connectivity index (χ0n) is 21.6. The summed E-state index contributed by atoms with van der Waals surface area (Å²) in [6.45, 7) is 6.31. The second kappa shape index (κ2) is 8.26. The molecule has 6 nitrogen and oxygen atoms in total. The maximum atomic E-state index is 13.3. The van der Waals surface area contributed by atoms with Crippen molar-refractivity contribution in [3.05, 3.63) is 58.0 Å². The molecule has 2 fully saturated rings. The molecule has 3 aromatic rings. The molecular formula is C30H32ClN3O3. The minimum absolute atomic E-state index is 0.0790. The third-order valence-corrected chi connectivity index (χ3v) is 8.64. The lowest BCUT2D eigenvalue weighted by atomic mass is 9.87. The number of aromatic nitrogens is 2. The van der Waals surface area contributed by atoms with E-state index in [-0.39, 0.29) is 18.2 Å². The highest BCUT2D eigenvalue weighted by Gasteiger charge is 2.49. The molecule has 2 aromatic carbocycles. The molecule has 1 saturated carbocycles. The molecule has 4 aliphatic rings. The molecule has 3 heterocycles. The van der Waals surface area contributed by atoms with E-state index in [1.807, 2.05) is 37.8 Å². The van der Waals surface area contributed by atoms with Crippen LogP contribution in [0.3, 0.4) is 0 Å². The average Bonchev–Trinajstić information content (AvgIpc) is 3.55. The Morgan fingerprint density at radius 2 is 1.97 bits per heavy atom. The number of amides is 1. The Bertz CT molecular complexity index is 1420. The number of ether oxygens (including phenoxy) is 2. The fourth-order valence-electron chi connectivity index (χ4n) is 6.85. The molecule has 0 bridgehead atoms. The number of aryl methyl sites for hydroxylation is 2. The van der Waals surface area contributed by atoms with Gasteiger partial charge in [0, 0.05) is 22.2 Å². The summed E-state index contributed by atoms with van der Waals surface area (Å²) in [6, 6.07) is 10.6. The number of benzene rings is 2. The predicted molar refractivity (Wildman–Crippen MR) is 143 cm³/mol. The summed E-state index contributed by atoms with van der Waals surface area (Å²) >= 11 is 6.22. The number of H-pyrrole nitrogens is 1. The topological polar surface area (TPSA) is 67.5 Å². The quantitative estimate of drug-likeness (QED) is 0.369. The number of hydrogen-bond acceptors (Lipinski definition) is 4. The summed E-state index contributed by atoms with van der Waals surface area (Å²) < 4.78 is 12.0. The molecule has 2 aliphatic carbocycles. The summed E-state index contributed by atoms with van der Waals surface area (Å²) in [5.41, 5.74) is 7.49. The first-order valence-electron chi connectivity index (χ1n) is 13.4. The molecule has 2 aliphatic heterocycles. The van der Waals surface area contributed by atoms with E-state index in [0.29, 0.717) is 12.5 Å². The van der Waals surface area contributed by atoms with Gasteiger partial charge in [0.05, 0.1) is 17.4 Å². The maximum Gasteiger partial charge on any atom is 0.411 e. The first-order chi connectivity index (χ1) is 17.7. The number of imidazole rings is 1. The van der Waals surface area contributed by atoms with Crippen LogP contribution >= 0.6 is 11.6 Å². The Labute approximate surface area is 222 Å². The van der Waals surface area contributed by atoms with E-state index in [1.54, 1.807) is 0 Å². The maximum absolute atomic E-state index is 13.3. The van der Waals surface area contributed by atoms with Crippen molar-refractivity contribution in [3.63, 3.8) is 0 Å². The number of halogens is 1. The Kier molecular flexibility index (Phi) is 5.17. The highest BCUT2D eigenvalue weighted by Crippen LogP contribution is 2.49. The van der Waals surface area contributed by atoms with Crippen molar-refractivity contribution >= 4 is 17.7 Å². The van der Waals surface area contributed by atoms with Crippen LogP contribution in [0.25, 0.3) is 22.4 Å². The largest absolute Gasteiger partial charge is 0.488 e. The number of nitrogens with one attached hydrogen (secondary N) is 1. The second-order valence-corrected chi connectivity index (χ2v) is 12.4. The number of carbonyl (C=O) groups is 1. The summed E-state index contributed by atoms with van der Waals surface area (Å²) in [4.78, 5) is 24.1. The smallest absolute Gasteiger partial charge is 0.411 e. The van der Waals surface area contributed by atoms with Gasteiger partial charge in [-0.2, -0.15) is 0 Å². The molecule has 0 radical (unpaired) electrons. The number of rotatable bonds is 1. The van der Waals surface area contributed by atoms with Crippen molar-refractivity contribution in [2.45, 2.75) is 83.6 Å². The van der Waals surface area contributed by atoms with Gasteiger partial charge in [0.2, 0.25) is 0 Å². The van der Waals surface area contributed by atoms with Gasteiger partial charge in [0.1, 0.15) is 23.8 Å². The molecule has 1 unspecified atom stereocenters. The molecule has 7 heteroatoms. The number of carbonyl (C=O) groups excluding carboxylic acids is 1. The standard InChI is InChI=1S/C30H32ClN3O3/c1-30(2,3)37-29(35)34-24-6-4-5-17(24)13-25(34)28-32-23-10-7-16-12-22-20-9-8-19(31)11-18(20)15-36-26(22)14-21(16)27(23)33-28/h8-9,11-12,14,17,24-25H,4-7,10,13,15H2,1-3H3,(H,32,33)/t17-,24-,25?/m0/s1. The third-order valence-electron chi connectivity index (χ3n) is 8.40. The fourth-order valence-corrected chi connectivity index (χ4v) is 7.04. The van der Waals surface area contributed by atoms with Crippen LogP contribution in [0.2, 0.25) is 5.02 Å². The summed E-state index contributed by atoms with van der Waals surface area (Å²) in [7, 11) is 0. The SMILES string of the molecule is CC(C)(C)OC(=O)N1C(c2nc3c([nH]2)-c2cc4c(cc2CC3)-c2ccc(Cl)cc2CO4)C[C@@H]2CCC[C@@H]21. The van der Waals surface area contributed by atoms with Crippen LogP contribution in [0.4, 0.5) is 4.79 Å². The van der Waals surface area contributed by atoms with E-state index in [1.165, 1.54) is 24.0 Å². The molecule has 1 N–H and O–H groups in total. The molecule has 1 amide bonds. The van der Waals surface area contributed by atoms with Crippen molar-refractivity contribution in [2.24, 2.45) is 5.92 Å². The van der Waals surface area contributed by atoms with Gasteiger partial charge in [-0.1, -0.05) is 24.1 Å². The van der Waals surface area contributed by atoms with E-state index < -0.39 is 5.60 Å². The normalized spacial score (nSPS) is 23.5. The number of hydrogen-bond donors (Lipinski definition) is 1. The van der Waals surface area contributed by atoms with Crippen molar-refractivity contribution < 1.29 is 14.3 Å². The van der Waals surface area contributed by atoms with Gasteiger partial charge in [-0.15, -0.1) is 0 Å². The first kappa shape index (κ1) is 23.2. The van der Waals surface area contributed by atoms with Crippen LogP contribution in [0.5, 0.6) is 5.75 Å². The van der Waals surface area contributed by atoms with Crippen molar-refractivity contribution in [1.82, 2.24) is 14.9 Å². The lowest BCUT2D eigenvalue weighted by Gasteiger charge is -2.31. The summed E-state index contributed by atoms with van der Waals surface area (Å²) in [5.74, 6) is 2.29. The Hall–Kier alpha value is -2.99. The van der Waals surface area contributed by atoms with Crippen molar-refractivity contribution in [2.75, 3.05) is 0 Å². The van der Waals surface area contributed by atoms with Gasteiger partial charge in [-0.25, -0.2) is 9.78 Å². The highest BCUT2D eigenvalue weighted by atomic mass is 35.5. The molecule has 7 rings (SSSR count). The van der Waals surface area contributed by atoms with Crippen LogP contribution < -0.4 is 4.74 Å². The lowest BCUT2D eigenvalue weighted by molar-refractivity contribution is 0.0130. The van der Waals surface area contributed by atoms with Gasteiger partial charge in [-0.05, 0) is 99.7 Å². The van der Waals surface area contributed by atoms with Crippen LogP contribution in [0.15, 0.2) is 30.3 Å². The van der Waals surface area contributed by atoms with E-state index in [2.05, 4.69) is 23.2 Å². The molecular weight excluding hydrogens is 486 g/mol. The number of nitrogens with zero attached hydrogens (tertiary/aromatic N) is 2. The molecule has 1 saturated heterocycles. The van der Waals surface area contributed by atoms with E-state index >= 15 is 0 Å². The summed E-state index contributed by atoms with van der Waals surface area (Å²) in [6.07, 6.45) is 5.90. The lowest BCUT2D eigenvalue weighted by Crippen LogP contribution is -2.41. The molecule has 1 aromatic heterocycles. The Morgan fingerprint density at radius 3 is 2.81 bits per heavy atom. The molecule has 37 heavy (non-hydrogen) atoms. The first-order valence-corrected chi connectivity index (χ1v) is 13.8. The minimum atomic E-state index is -0.525. The molecule has 3 atom stereocenters. The number of likely N-dealkylation sites (tertiary alicyclic amines) is 1. The Balaban J connectivity index is 1.25. The van der Waals surface area contributed by atoms with Crippen LogP contribution in [-0.4, -0.2) is 32.6 Å². The number of aromatic amines is 1. The monoisotopic (exact) mass is 517 g/mol. The van der Waals surface area contributed by atoms with E-state index in [4.69, 9.17) is 26.1 Å². The van der Waals surface area contributed by atoms with Gasteiger partial charge < -0.3 is 14.5 Å². The predicted octanol–water partition coefficient (Wildman–Crippen LogP) is 7.24. The van der Waals surface area contributed by atoms with Crippen molar-refractivity contribution in [3.8, 4) is 28.1 Å². The van der Waals surface area contributed by atoms with Crippen molar-refractivity contribution in [1.29, 1.82) is 0 Å². The van der Waals surface area contributed by atoms with E-state index in [0.717, 1.165) is 70.4 Å². The minimum Gasteiger partial charge on any atom is -0.488 e. The average molecular weight is 518 g/mol. The van der Waals surface area contributed by atoms with Crippen LogP contribution in [0, 0.1) is 5.92 Å². The Morgan fingerprint density at radius 1 is 1.11 bits per heavy atom. The number of fused-ring (bicyclic) bond motifs is 7. The molecule has 0 spiro atoms. The zero-order valence-corrected chi connectivity index (χ0v) is 22.3. The van der Waals surface area contributed by atoms with E-state index in [9.17, 15) is 4.79 Å². The molecule has 192 valence electrons. The van der Waals surface area contributed by atoms with Gasteiger partial charge in [0.25, 0.3) is 0 Å². The summed E-state index contributed by atoms with van der Waals surface area (Å²) in [5, 5.41) is 0.731.